The molecule has 0 aromatic carbocycles. The van der Waals surface area contributed by atoms with Gasteiger partial charge in [0.1, 0.15) is 0 Å². The van der Waals surface area contributed by atoms with Crippen LogP contribution in [0.25, 0.3) is 0 Å². The van der Waals surface area contributed by atoms with E-state index in [-0.39, 0.29) is 0 Å². The minimum atomic E-state index is 0.461. The zero-order valence-corrected chi connectivity index (χ0v) is 14.7. The fourth-order valence-electron chi connectivity index (χ4n) is 3.81. The van der Waals surface area contributed by atoms with Crippen LogP contribution in [0.5, 0.6) is 0 Å². The lowest BCUT2D eigenvalue weighted by Crippen LogP contribution is -2.53. The van der Waals surface area contributed by atoms with Gasteiger partial charge < -0.3 is 10.2 Å². The Labute approximate surface area is 127 Å². The van der Waals surface area contributed by atoms with E-state index in [1.54, 1.807) is 0 Å². The average Bonchev–Trinajstić information content (AvgIpc) is 2.42. The minimum Gasteiger partial charge on any atom is -0.313 e. The minimum absolute atomic E-state index is 0.461. The van der Waals surface area contributed by atoms with E-state index in [9.17, 15) is 0 Å². The molecule has 120 valence electrons. The average molecular weight is 283 g/mol. The van der Waals surface area contributed by atoms with Gasteiger partial charge >= 0.3 is 0 Å². The molecule has 2 unspecified atom stereocenters. The number of rotatable bonds is 9. The highest BCUT2D eigenvalue weighted by atomic mass is 15.1. The maximum atomic E-state index is 3.87. The van der Waals surface area contributed by atoms with Gasteiger partial charge in [-0.05, 0) is 56.7 Å². The van der Waals surface area contributed by atoms with Gasteiger partial charge in [-0.3, -0.25) is 0 Å². The predicted octanol–water partition coefficient (Wildman–Crippen LogP) is 4.30. The fraction of sp³-hybridized carbons (Fsp3) is 1.00. The van der Waals surface area contributed by atoms with Crippen LogP contribution in [0.3, 0.4) is 0 Å². The molecule has 1 saturated carbocycles. The number of unbranched alkanes of at least 4 members (excludes halogenated alkanes) is 1. The maximum absolute atomic E-state index is 3.87. The van der Waals surface area contributed by atoms with Crippen LogP contribution in [-0.2, 0) is 0 Å². The van der Waals surface area contributed by atoms with Gasteiger partial charge in [0.2, 0.25) is 0 Å². The van der Waals surface area contributed by atoms with E-state index in [1.165, 1.54) is 64.7 Å². The van der Waals surface area contributed by atoms with Gasteiger partial charge in [-0.25, -0.2) is 0 Å². The van der Waals surface area contributed by atoms with Crippen molar-refractivity contribution in [3.63, 3.8) is 0 Å². The van der Waals surface area contributed by atoms with Crippen LogP contribution in [0.2, 0.25) is 0 Å². The van der Waals surface area contributed by atoms with Crippen LogP contribution in [0.1, 0.15) is 73.1 Å². The second-order valence-electron chi connectivity index (χ2n) is 7.32. The first-order valence-corrected chi connectivity index (χ1v) is 9.00. The molecule has 1 aliphatic rings. The van der Waals surface area contributed by atoms with E-state index in [2.05, 4.69) is 44.8 Å². The molecule has 0 bridgehead atoms. The molecule has 0 radical (unpaired) electrons. The van der Waals surface area contributed by atoms with E-state index in [0.717, 1.165) is 5.92 Å². The Hall–Kier alpha value is -0.0800. The normalized spacial score (nSPS) is 26.1. The second-order valence-corrected chi connectivity index (χ2v) is 7.32. The van der Waals surface area contributed by atoms with Gasteiger partial charge in [-0.2, -0.15) is 0 Å². The molecule has 2 nitrogen and oxygen atoms in total. The lowest BCUT2D eigenvalue weighted by molar-refractivity contribution is 0.0797. The third-order valence-electron chi connectivity index (χ3n) is 5.09. The molecule has 1 N–H and O–H groups in total. The Balaban J connectivity index is 2.62. The van der Waals surface area contributed by atoms with Crippen LogP contribution in [-0.4, -0.2) is 37.1 Å². The smallest absolute Gasteiger partial charge is 0.0159 e. The molecule has 0 aromatic heterocycles. The van der Waals surface area contributed by atoms with E-state index in [4.69, 9.17) is 0 Å². The van der Waals surface area contributed by atoms with Gasteiger partial charge in [-0.1, -0.05) is 47.5 Å². The Morgan fingerprint density at radius 1 is 1.15 bits per heavy atom. The van der Waals surface area contributed by atoms with Crippen molar-refractivity contribution in [2.45, 2.75) is 79.2 Å². The molecule has 20 heavy (non-hydrogen) atoms. The summed E-state index contributed by atoms with van der Waals surface area (Å²) in [5, 5.41) is 3.87. The Bertz CT molecular complexity index is 250. The first kappa shape index (κ1) is 18.0. The highest BCUT2D eigenvalue weighted by Crippen LogP contribution is 2.39. The Kier molecular flexibility index (Phi) is 8.13. The highest BCUT2D eigenvalue weighted by molar-refractivity contribution is 4.94. The lowest BCUT2D eigenvalue weighted by atomic mass is 9.67. The van der Waals surface area contributed by atoms with Gasteiger partial charge in [0.15, 0.2) is 0 Å². The van der Waals surface area contributed by atoms with E-state index >= 15 is 0 Å². The summed E-state index contributed by atoms with van der Waals surface area (Å²) in [6, 6.07) is 0.701. The summed E-state index contributed by atoms with van der Waals surface area (Å²) in [5.74, 6) is 0.835. The monoisotopic (exact) mass is 282 g/mol. The summed E-state index contributed by atoms with van der Waals surface area (Å²) in [7, 11) is 0. The first-order valence-electron chi connectivity index (χ1n) is 9.00. The van der Waals surface area contributed by atoms with E-state index in [0.29, 0.717) is 11.5 Å². The summed E-state index contributed by atoms with van der Waals surface area (Å²) >= 11 is 0. The molecule has 2 atom stereocenters. The van der Waals surface area contributed by atoms with E-state index < -0.39 is 0 Å². The fourth-order valence-corrected chi connectivity index (χ4v) is 3.81. The predicted molar refractivity (Wildman–Crippen MR) is 90.2 cm³/mol. The molecule has 0 spiro atoms. The van der Waals surface area contributed by atoms with E-state index in [1.807, 2.05) is 0 Å². The van der Waals surface area contributed by atoms with Crippen LogP contribution in [0.15, 0.2) is 0 Å². The van der Waals surface area contributed by atoms with Crippen molar-refractivity contribution < 1.29 is 0 Å². The second kappa shape index (κ2) is 9.04. The molecule has 2 heteroatoms. The van der Waals surface area contributed by atoms with Crippen molar-refractivity contribution >= 4 is 0 Å². The summed E-state index contributed by atoms with van der Waals surface area (Å²) in [6.07, 6.45) is 8.10. The molecule has 1 rings (SSSR count). The summed E-state index contributed by atoms with van der Waals surface area (Å²) in [4.78, 5) is 2.68. The Morgan fingerprint density at radius 2 is 1.90 bits per heavy atom. The quantitative estimate of drug-likeness (QED) is 0.678. The molecule has 0 amide bonds. The van der Waals surface area contributed by atoms with Gasteiger partial charge in [0.25, 0.3) is 0 Å². The highest BCUT2D eigenvalue weighted by Gasteiger charge is 2.38. The summed E-state index contributed by atoms with van der Waals surface area (Å²) in [6.45, 7) is 16.8. The van der Waals surface area contributed by atoms with Crippen molar-refractivity contribution in [3.05, 3.63) is 0 Å². The summed E-state index contributed by atoms with van der Waals surface area (Å²) in [5.41, 5.74) is 0.461. The maximum Gasteiger partial charge on any atom is 0.0159 e. The lowest BCUT2D eigenvalue weighted by Gasteiger charge is -2.46. The zero-order chi connectivity index (χ0) is 15.0. The number of hydrogen-bond acceptors (Lipinski definition) is 2. The summed E-state index contributed by atoms with van der Waals surface area (Å²) < 4.78 is 0. The molecule has 0 saturated heterocycles. The molecule has 1 aliphatic carbocycles. The van der Waals surface area contributed by atoms with Crippen LogP contribution >= 0.6 is 0 Å². The first-order chi connectivity index (χ1) is 9.55. The van der Waals surface area contributed by atoms with Crippen molar-refractivity contribution in [2.24, 2.45) is 11.3 Å². The molecular formula is C18H38N2. The van der Waals surface area contributed by atoms with Crippen molar-refractivity contribution in [2.75, 3.05) is 26.2 Å². The third kappa shape index (κ3) is 5.37. The number of nitrogens with zero attached hydrogens (tertiary/aromatic N) is 1. The largest absolute Gasteiger partial charge is 0.313 e. The molecular weight excluding hydrogens is 244 g/mol. The van der Waals surface area contributed by atoms with Crippen molar-refractivity contribution in [1.29, 1.82) is 0 Å². The van der Waals surface area contributed by atoms with Gasteiger partial charge in [0.05, 0.1) is 0 Å². The topological polar surface area (TPSA) is 15.3 Å². The van der Waals surface area contributed by atoms with Crippen LogP contribution in [0, 0.1) is 11.3 Å². The molecule has 0 aromatic rings. The zero-order valence-electron chi connectivity index (χ0n) is 14.7. The number of nitrogens with one attached hydrogen (secondary N) is 1. The van der Waals surface area contributed by atoms with Gasteiger partial charge in [-0.15, -0.1) is 0 Å². The third-order valence-corrected chi connectivity index (χ3v) is 5.09. The molecule has 0 heterocycles. The van der Waals surface area contributed by atoms with Crippen molar-refractivity contribution in [1.82, 2.24) is 10.2 Å². The molecule has 1 fully saturated rings. The standard InChI is InChI=1S/C18H38N2/c1-6-9-14-20(8-3)15-16-11-10-12-18(4,5)17(16)19-13-7-2/h16-17,19H,6-15H2,1-5H3. The van der Waals surface area contributed by atoms with Crippen LogP contribution in [0.4, 0.5) is 0 Å². The molecule has 0 aliphatic heterocycles. The Morgan fingerprint density at radius 3 is 2.50 bits per heavy atom. The number of hydrogen-bond donors (Lipinski definition) is 1. The van der Waals surface area contributed by atoms with Gasteiger partial charge in [0, 0.05) is 12.6 Å². The SMILES string of the molecule is CCCCN(CC)CC1CCCC(C)(C)C1NCCC. The van der Waals surface area contributed by atoms with Crippen molar-refractivity contribution in [3.8, 4) is 0 Å². The van der Waals surface area contributed by atoms with Crippen LogP contribution < -0.4 is 5.32 Å².